The third-order valence-electron chi connectivity index (χ3n) is 3.51. The van der Waals surface area contributed by atoms with Crippen molar-refractivity contribution in [2.24, 2.45) is 0 Å². The number of nitrogens with one attached hydrogen (secondary N) is 2. The van der Waals surface area contributed by atoms with Gasteiger partial charge in [-0.3, -0.25) is 0 Å². The van der Waals surface area contributed by atoms with Crippen molar-refractivity contribution in [3.8, 4) is 5.75 Å². The fraction of sp³-hybridized carbons (Fsp3) is 0.222. The Hall–Kier alpha value is -3.02. The van der Waals surface area contributed by atoms with E-state index in [-0.39, 0.29) is 11.6 Å². The summed E-state index contributed by atoms with van der Waals surface area (Å²) in [6, 6.07) is 13.8. The van der Waals surface area contributed by atoms with E-state index in [1.807, 2.05) is 24.3 Å². The van der Waals surface area contributed by atoms with Crippen molar-refractivity contribution in [3.05, 3.63) is 65.2 Å². The molecule has 0 radical (unpaired) electrons. The number of methoxy groups -OCH3 is 1. The standard InChI is InChI=1S/C18H20N2O4/c1-24-16-8-4-13(5-9-16)10-11-19-18(23)20-12-14-2-6-15(7-3-14)17(21)22/h2-9H,10-12H2,1H3,(H,21,22)(H2,19,20,23). The summed E-state index contributed by atoms with van der Waals surface area (Å²) in [6.45, 7) is 0.865. The monoisotopic (exact) mass is 328 g/mol. The lowest BCUT2D eigenvalue weighted by Gasteiger charge is -2.08. The molecular formula is C18H20N2O4. The maximum atomic E-state index is 11.7. The van der Waals surface area contributed by atoms with Gasteiger partial charge in [0.05, 0.1) is 12.7 Å². The van der Waals surface area contributed by atoms with Gasteiger partial charge in [0.15, 0.2) is 0 Å². The maximum absolute atomic E-state index is 11.7. The van der Waals surface area contributed by atoms with Crippen LogP contribution in [0.2, 0.25) is 0 Å². The first-order valence-electron chi connectivity index (χ1n) is 7.55. The highest BCUT2D eigenvalue weighted by atomic mass is 16.5. The van der Waals surface area contributed by atoms with Crippen LogP contribution < -0.4 is 15.4 Å². The zero-order valence-electron chi connectivity index (χ0n) is 13.4. The van der Waals surface area contributed by atoms with E-state index < -0.39 is 5.97 Å². The molecule has 0 fully saturated rings. The highest BCUT2D eigenvalue weighted by Gasteiger charge is 2.03. The highest BCUT2D eigenvalue weighted by Crippen LogP contribution is 2.11. The van der Waals surface area contributed by atoms with Crippen molar-refractivity contribution in [2.45, 2.75) is 13.0 Å². The van der Waals surface area contributed by atoms with Crippen LogP contribution in [0.25, 0.3) is 0 Å². The normalized spacial score (nSPS) is 10.0. The molecule has 126 valence electrons. The Morgan fingerprint density at radius 3 is 2.17 bits per heavy atom. The predicted octanol–water partition coefficient (Wildman–Crippen LogP) is 2.44. The molecule has 0 aliphatic carbocycles. The molecule has 0 aliphatic rings. The van der Waals surface area contributed by atoms with E-state index in [9.17, 15) is 9.59 Å². The summed E-state index contributed by atoms with van der Waals surface area (Å²) in [5, 5.41) is 14.3. The van der Waals surface area contributed by atoms with E-state index in [4.69, 9.17) is 9.84 Å². The number of amides is 2. The Labute approximate surface area is 140 Å². The minimum Gasteiger partial charge on any atom is -0.497 e. The lowest BCUT2D eigenvalue weighted by molar-refractivity contribution is 0.0697. The van der Waals surface area contributed by atoms with Gasteiger partial charge >= 0.3 is 12.0 Å². The average molecular weight is 328 g/mol. The van der Waals surface area contributed by atoms with Gasteiger partial charge in [-0.2, -0.15) is 0 Å². The Bertz CT molecular complexity index is 681. The van der Waals surface area contributed by atoms with Gasteiger partial charge in [-0.15, -0.1) is 0 Å². The van der Waals surface area contributed by atoms with E-state index in [1.54, 1.807) is 19.2 Å². The number of aromatic carboxylic acids is 1. The lowest BCUT2D eigenvalue weighted by Crippen LogP contribution is -2.36. The molecule has 0 saturated heterocycles. The number of carboxylic acids is 1. The summed E-state index contributed by atoms with van der Waals surface area (Å²) in [4.78, 5) is 22.5. The van der Waals surface area contributed by atoms with Gasteiger partial charge < -0.3 is 20.5 Å². The zero-order valence-corrected chi connectivity index (χ0v) is 13.4. The largest absolute Gasteiger partial charge is 0.497 e. The van der Waals surface area contributed by atoms with Gasteiger partial charge in [-0.1, -0.05) is 24.3 Å². The highest BCUT2D eigenvalue weighted by molar-refractivity contribution is 5.87. The van der Waals surface area contributed by atoms with Gasteiger partial charge in [-0.25, -0.2) is 9.59 Å². The lowest BCUT2D eigenvalue weighted by atomic mass is 10.1. The first kappa shape index (κ1) is 17.3. The van der Waals surface area contributed by atoms with E-state index in [2.05, 4.69) is 10.6 Å². The SMILES string of the molecule is COc1ccc(CCNC(=O)NCc2ccc(C(=O)O)cc2)cc1. The fourth-order valence-electron chi connectivity index (χ4n) is 2.12. The van der Waals surface area contributed by atoms with E-state index >= 15 is 0 Å². The Morgan fingerprint density at radius 1 is 0.958 bits per heavy atom. The van der Waals surface area contributed by atoms with Crippen LogP contribution in [-0.4, -0.2) is 30.8 Å². The minimum atomic E-state index is -0.967. The molecular weight excluding hydrogens is 308 g/mol. The van der Waals surface area contributed by atoms with Crippen LogP contribution >= 0.6 is 0 Å². The molecule has 0 heterocycles. The molecule has 24 heavy (non-hydrogen) atoms. The molecule has 0 spiro atoms. The molecule has 6 nitrogen and oxygen atoms in total. The van der Waals surface area contributed by atoms with Crippen LogP contribution in [0.5, 0.6) is 5.75 Å². The molecule has 3 N–H and O–H groups in total. The number of urea groups is 1. The molecule has 0 atom stereocenters. The fourth-order valence-corrected chi connectivity index (χ4v) is 2.12. The van der Waals surface area contributed by atoms with Gasteiger partial charge in [-0.05, 0) is 41.8 Å². The Balaban J connectivity index is 1.70. The molecule has 2 amide bonds. The molecule has 2 rings (SSSR count). The number of carboxylic acid groups (broad SMARTS) is 1. The summed E-state index contributed by atoms with van der Waals surface area (Å²) in [7, 11) is 1.62. The Kier molecular flexibility index (Phi) is 6.19. The van der Waals surface area contributed by atoms with Crippen LogP contribution in [0.15, 0.2) is 48.5 Å². The third kappa shape index (κ3) is 5.31. The van der Waals surface area contributed by atoms with Crippen LogP contribution in [0.4, 0.5) is 4.79 Å². The van der Waals surface area contributed by atoms with Gasteiger partial charge in [0.25, 0.3) is 0 Å². The van der Waals surface area contributed by atoms with Crippen molar-refractivity contribution < 1.29 is 19.4 Å². The summed E-state index contributed by atoms with van der Waals surface area (Å²) in [6.07, 6.45) is 0.727. The molecule has 0 aromatic heterocycles. The first-order chi connectivity index (χ1) is 11.6. The minimum absolute atomic E-state index is 0.225. The third-order valence-corrected chi connectivity index (χ3v) is 3.51. The van der Waals surface area contributed by atoms with Crippen molar-refractivity contribution >= 4 is 12.0 Å². The van der Waals surface area contributed by atoms with Crippen molar-refractivity contribution in [3.63, 3.8) is 0 Å². The number of ether oxygens (including phenoxy) is 1. The summed E-state index contributed by atoms with van der Waals surface area (Å²) < 4.78 is 5.09. The van der Waals surface area contributed by atoms with Gasteiger partial charge in [0.2, 0.25) is 0 Å². The topological polar surface area (TPSA) is 87.7 Å². The number of rotatable bonds is 7. The van der Waals surface area contributed by atoms with Crippen molar-refractivity contribution in [1.29, 1.82) is 0 Å². The number of carbonyl (C=O) groups is 2. The predicted molar refractivity (Wildman–Crippen MR) is 90.3 cm³/mol. The second kappa shape index (κ2) is 8.57. The molecule has 0 saturated carbocycles. The summed E-state index contributed by atoms with van der Waals surface area (Å²) in [5.41, 5.74) is 2.17. The van der Waals surface area contributed by atoms with Crippen LogP contribution in [0.3, 0.4) is 0 Å². The molecule has 6 heteroatoms. The van der Waals surface area contributed by atoms with E-state index in [0.717, 1.165) is 23.3 Å². The van der Waals surface area contributed by atoms with Crippen molar-refractivity contribution in [2.75, 3.05) is 13.7 Å². The van der Waals surface area contributed by atoms with Gasteiger partial charge in [0.1, 0.15) is 5.75 Å². The molecule has 2 aromatic carbocycles. The Morgan fingerprint density at radius 2 is 1.58 bits per heavy atom. The second-order valence-electron chi connectivity index (χ2n) is 5.21. The van der Waals surface area contributed by atoms with Crippen LogP contribution in [0, 0.1) is 0 Å². The number of hydrogen-bond donors (Lipinski definition) is 3. The van der Waals surface area contributed by atoms with Crippen LogP contribution in [0.1, 0.15) is 21.5 Å². The number of carbonyl (C=O) groups excluding carboxylic acids is 1. The maximum Gasteiger partial charge on any atom is 0.335 e. The summed E-state index contributed by atoms with van der Waals surface area (Å²) >= 11 is 0. The average Bonchev–Trinajstić information content (AvgIpc) is 2.61. The van der Waals surface area contributed by atoms with E-state index in [0.29, 0.717) is 13.1 Å². The molecule has 0 aliphatic heterocycles. The smallest absolute Gasteiger partial charge is 0.335 e. The van der Waals surface area contributed by atoms with E-state index in [1.165, 1.54) is 12.1 Å². The molecule has 0 bridgehead atoms. The first-order valence-corrected chi connectivity index (χ1v) is 7.55. The molecule has 2 aromatic rings. The zero-order chi connectivity index (χ0) is 17.4. The van der Waals surface area contributed by atoms with Gasteiger partial charge in [0, 0.05) is 13.1 Å². The quantitative estimate of drug-likeness (QED) is 0.728. The van der Waals surface area contributed by atoms with Crippen molar-refractivity contribution in [1.82, 2.24) is 10.6 Å². The number of hydrogen-bond acceptors (Lipinski definition) is 3. The van der Waals surface area contributed by atoms with Crippen LogP contribution in [-0.2, 0) is 13.0 Å². The second-order valence-corrected chi connectivity index (χ2v) is 5.21. The number of benzene rings is 2. The molecule has 0 unspecified atom stereocenters. The summed E-state index contributed by atoms with van der Waals surface area (Å²) in [5.74, 6) is -0.163.